The van der Waals surface area contributed by atoms with Crippen molar-refractivity contribution in [3.05, 3.63) is 41.6 Å². The van der Waals surface area contributed by atoms with Crippen molar-refractivity contribution in [3.8, 4) is 0 Å². The summed E-state index contributed by atoms with van der Waals surface area (Å²) in [4.78, 5) is 26.6. The molecular formula is C12H10N2O2. The SMILES string of the molecule is CC(=O)c1cc2ccccc2nc1C(N)=O. The van der Waals surface area contributed by atoms with E-state index in [-0.39, 0.29) is 17.0 Å². The number of aromatic nitrogens is 1. The Balaban J connectivity index is 2.81. The van der Waals surface area contributed by atoms with Gasteiger partial charge in [-0.1, -0.05) is 18.2 Å². The van der Waals surface area contributed by atoms with E-state index in [0.717, 1.165) is 5.39 Å². The normalized spacial score (nSPS) is 10.3. The minimum absolute atomic E-state index is 0.0335. The van der Waals surface area contributed by atoms with Crippen LogP contribution in [0.1, 0.15) is 27.8 Å². The van der Waals surface area contributed by atoms with E-state index in [1.54, 1.807) is 12.1 Å². The number of amides is 1. The van der Waals surface area contributed by atoms with Crippen LogP contribution in [0.3, 0.4) is 0 Å². The number of hydrogen-bond acceptors (Lipinski definition) is 3. The highest BCUT2D eigenvalue weighted by molar-refractivity contribution is 6.07. The Bertz CT molecular complexity index is 538. The van der Waals surface area contributed by atoms with E-state index in [0.29, 0.717) is 5.52 Å². The molecule has 0 saturated carbocycles. The number of para-hydroxylation sites is 1. The maximum absolute atomic E-state index is 11.4. The molecule has 4 heteroatoms. The van der Waals surface area contributed by atoms with Crippen molar-refractivity contribution in [1.29, 1.82) is 0 Å². The molecule has 80 valence electrons. The van der Waals surface area contributed by atoms with Crippen molar-refractivity contribution < 1.29 is 9.59 Å². The molecule has 16 heavy (non-hydrogen) atoms. The van der Waals surface area contributed by atoms with Crippen molar-refractivity contribution in [2.45, 2.75) is 6.92 Å². The van der Waals surface area contributed by atoms with E-state index >= 15 is 0 Å². The summed E-state index contributed by atoms with van der Waals surface area (Å²) in [5.41, 5.74) is 6.15. The number of benzene rings is 1. The monoisotopic (exact) mass is 214 g/mol. The standard InChI is InChI=1S/C12H10N2O2/c1-7(15)9-6-8-4-2-3-5-10(8)14-11(9)12(13)16/h2-6H,1H3,(H2,13,16). The number of ketones is 1. The summed E-state index contributed by atoms with van der Waals surface area (Å²) in [6, 6.07) is 8.90. The zero-order valence-electron chi connectivity index (χ0n) is 8.73. The van der Waals surface area contributed by atoms with Crippen LogP contribution < -0.4 is 5.73 Å². The third-order valence-electron chi connectivity index (χ3n) is 2.34. The van der Waals surface area contributed by atoms with Crippen LogP contribution in [0.2, 0.25) is 0 Å². The summed E-state index contributed by atoms with van der Waals surface area (Å²) in [5.74, 6) is -0.900. The highest BCUT2D eigenvalue weighted by Gasteiger charge is 2.14. The van der Waals surface area contributed by atoms with E-state index in [4.69, 9.17) is 5.73 Å². The average Bonchev–Trinajstić information content (AvgIpc) is 2.27. The average molecular weight is 214 g/mol. The van der Waals surface area contributed by atoms with Gasteiger partial charge >= 0.3 is 0 Å². The first-order chi connectivity index (χ1) is 7.59. The first kappa shape index (κ1) is 10.3. The lowest BCUT2D eigenvalue weighted by Gasteiger charge is -2.04. The Labute approximate surface area is 92.1 Å². The largest absolute Gasteiger partial charge is 0.364 e. The lowest BCUT2D eigenvalue weighted by atomic mass is 10.1. The molecule has 2 rings (SSSR count). The van der Waals surface area contributed by atoms with Crippen LogP contribution in [0.15, 0.2) is 30.3 Å². The van der Waals surface area contributed by atoms with E-state index in [1.807, 2.05) is 18.2 Å². The van der Waals surface area contributed by atoms with Crippen LogP contribution in [-0.2, 0) is 0 Å². The molecule has 1 aromatic heterocycles. The fourth-order valence-corrected chi connectivity index (χ4v) is 1.57. The van der Waals surface area contributed by atoms with Gasteiger partial charge in [-0.3, -0.25) is 9.59 Å². The molecule has 0 aliphatic carbocycles. The third-order valence-corrected chi connectivity index (χ3v) is 2.34. The minimum atomic E-state index is -0.684. The quantitative estimate of drug-likeness (QED) is 0.770. The number of nitrogens with two attached hydrogens (primary N) is 1. The molecule has 0 spiro atoms. The van der Waals surface area contributed by atoms with Crippen LogP contribution in [0.5, 0.6) is 0 Å². The second-order valence-electron chi connectivity index (χ2n) is 3.50. The van der Waals surface area contributed by atoms with E-state index in [9.17, 15) is 9.59 Å². The Hall–Kier alpha value is -2.23. The molecule has 4 nitrogen and oxygen atoms in total. The Morgan fingerprint density at radius 2 is 1.94 bits per heavy atom. The summed E-state index contributed by atoms with van der Waals surface area (Å²) in [7, 11) is 0. The molecule has 0 saturated heterocycles. The number of nitrogens with zero attached hydrogens (tertiary/aromatic N) is 1. The molecule has 0 radical (unpaired) electrons. The molecule has 1 amide bonds. The molecule has 0 bridgehead atoms. The molecule has 1 heterocycles. The minimum Gasteiger partial charge on any atom is -0.364 e. The van der Waals surface area contributed by atoms with Crippen molar-refractivity contribution in [1.82, 2.24) is 4.98 Å². The molecule has 2 aromatic rings. The third kappa shape index (κ3) is 1.65. The van der Waals surface area contributed by atoms with Gasteiger partial charge in [0.25, 0.3) is 5.91 Å². The summed E-state index contributed by atoms with van der Waals surface area (Å²) in [5, 5.41) is 0.817. The summed E-state index contributed by atoms with van der Waals surface area (Å²) < 4.78 is 0. The number of pyridine rings is 1. The maximum atomic E-state index is 11.4. The number of hydrogen-bond donors (Lipinski definition) is 1. The maximum Gasteiger partial charge on any atom is 0.268 e. The predicted octanol–water partition coefficient (Wildman–Crippen LogP) is 1.54. The fraction of sp³-hybridized carbons (Fsp3) is 0.0833. The predicted molar refractivity (Wildman–Crippen MR) is 60.3 cm³/mol. The second kappa shape index (κ2) is 3.73. The lowest BCUT2D eigenvalue weighted by Crippen LogP contribution is -2.17. The van der Waals surface area contributed by atoms with Crippen molar-refractivity contribution in [2.24, 2.45) is 5.73 Å². The Kier molecular flexibility index (Phi) is 2.40. The Morgan fingerprint density at radius 3 is 2.56 bits per heavy atom. The fourth-order valence-electron chi connectivity index (χ4n) is 1.57. The molecular weight excluding hydrogens is 204 g/mol. The van der Waals surface area contributed by atoms with Gasteiger partial charge in [-0.2, -0.15) is 0 Å². The van der Waals surface area contributed by atoms with Crippen LogP contribution in [0, 0.1) is 0 Å². The highest BCUT2D eigenvalue weighted by atomic mass is 16.1. The molecule has 0 atom stereocenters. The summed E-state index contributed by atoms with van der Waals surface area (Å²) >= 11 is 0. The number of fused-ring (bicyclic) bond motifs is 1. The van der Waals surface area contributed by atoms with Gasteiger partial charge in [-0.05, 0) is 19.1 Å². The smallest absolute Gasteiger partial charge is 0.268 e. The number of carbonyl (C=O) groups is 2. The van der Waals surface area contributed by atoms with Crippen LogP contribution >= 0.6 is 0 Å². The van der Waals surface area contributed by atoms with E-state index in [1.165, 1.54) is 6.92 Å². The first-order valence-electron chi connectivity index (χ1n) is 4.80. The number of rotatable bonds is 2. The van der Waals surface area contributed by atoms with Gasteiger partial charge < -0.3 is 5.73 Å². The van der Waals surface area contributed by atoms with Gasteiger partial charge in [0.05, 0.1) is 5.52 Å². The lowest BCUT2D eigenvalue weighted by molar-refractivity contribution is 0.0969. The van der Waals surface area contributed by atoms with Crippen LogP contribution in [0.25, 0.3) is 10.9 Å². The Morgan fingerprint density at radius 1 is 1.25 bits per heavy atom. The zero-order chi connectivity index (χ0) is 11.7. The van der Waals surface area contributed by atoms with Crippen molar-refractivity contribution in [3.63, 3.8) is 0 Å². The van der Waals surface area contributed by atoms with Gasteiger partial charge in [0.2, 0.25) is 0 Å². The summed E-state index contributed by atoms with van der Waals surface area (Å²) in [6.45, 7) is 1.39. The van der Waals surface area contributed by atoms with Crippen LogP contribution in [-0.4, -0.2) is 16.7 Å². The van der Waals surface area contributed by atoms with Crippen LogP contribution in [0.4, 0.5) is 0 Å². The number of carbonyl (C=O) groups excluding carboxylic acids is 2. The molecule has 1 aromatic carbocycles. The van der Waals surface area contributed by atoms with E-state index < -0.39 is 5.91 Å². The molecule has 2 N–H and O–H groups in total. The van der Waals surface area contributed by atoms with Crippen molar-refractivity contribution >= 4 is 22.6 Å². The molecule has 0 unspecified atom stereocenters. The van der Waals surface area contributed by atoms with Gasteiger partial charge in [0.1, 0.15) is 5.69 Å². The molecule has 0 aliphatic rings. The highest BCUT2D eigenvalue weighted by Crippen LogP contribution is 2.16. The van der Waals surface area contributed by atoms with E-state index in [2.05, 4.69) is 4.98 Å². The van der Waals surface area contributed by atoms with Crippen molar-refractivity contribution in [2.75, 3.05) is 0 Å². The summed E-state index contributed by atoms with van der Waals surface area (Å²) in [6.07, 6.45) is 0. The van der Waals surface area contributed by atoms with Gasteiger partial charge in [-0.15, -0.1) is 0 Å². The van der Waals surface area contributed by atoms with Gasteiger partial charge in [0, 0.05) is 10.9 Å². The van der Waals surface area contributed by atoms with Gasteiger partial charge in [-0.25, -0.2) is 4.98 Å². The van der Waals surface area contributed by atoms with Gasteiger partial charge in [0.15, 0.2) is 5.78 Å². The topological polar surface area (TPSA) is 73.1 Å². The zero-order valence-corrected chi connectivity index (χ0v) is 8.73. The first-order valence-corrected chi connectivity index (χ1v) is 4.80. The second-order valence-corrected chi connectivity index (χ2v) is 3.50. The molecule has 0 aliphatic heterocycles. The number of primary amides is 1. The molecule has 0 fully saturated rings. The number of Topliss-reactive ketones (excluding diaryl/α,β-unsaturated/α-hetero) is 1.